The summed E-state index contributed by atoms with van der Waals surface area (Å²) in [5.74, 6) is -0.391. The molecule has 0 aliphatic rings. The molecule has 0 unspecified atom stereocenters. The molecule has 4 aromatic rings. The monoisotopic (exact) mass is 307 g/mol. The van der Waals surface area contributed by atoms with Crippen LogP contribution in [0.4, 0.5) is 0 Å². The first-order valence-electron chi connectivity index (χ1n) is 7.20. The molecule has 0 aliphatic carbocycles. The zero-order valence-electron chi connectivity index (χ0n) is 12.3. The lowest BCUT2D eigenvalue weighted by Crippen LogP contribution is -2.04. The fourth-order valence-corrected chi connectivity index (χ4v) is 2.64. The van der Waals surface area contributed by atoms with Crippen molar-refractivity contribution in [2.45, 2.75) is 6.92 Å². The number of fused-ring (bicyclic) bond motifs is 2. The van der Waals surface area contributed by atoms with Gasteiger partial charge in [-0.15, -0.1) is 0 Å². The molecule has 23 heavy (non-hydrogen) atoms. The van der Waals surface area contributed by atoms with Gasteiger partial charge in [0.2, 0.25) is 0 Å². The number of benzene rings is 1. The Morgan fingerprint density at radius 1 is 1.30 bits per heavy atom. The van der Waals surface area contributed by atoms with Crippen molar-refractivity contribution in [3.05, 3.63) is 42.5 Å². The van der Waals surface area contributed by atoms with Gasteiger partial charge in [0.05, 0.1) is 35.0 Å². The van der Waals surface area contributed by atoms with E-state index in [0.29, 0.717) is 28.9 Å². The van der Waals surface area contributed by atoms with E-state index in [0.717, 1.165) is 16.5 Å². The SMILES string of the molecule is CCOC(=O)c1c[nH]c2ncnc(-c3ccc4cn[nH]c4c3)c12. The molecule has 0 spiro atoms. The number of ether oxygens (including phenoxy) is 1. The maximum atomic E-state index is 12.2. The second-order valence-corrected chi connectivity index (χ2v) is 5.04. The number of nitrogens with one attached hydrogen (secondary N) is 2. The number of nitrogens with zero attached hydrogens (tertiary/aromatic N) is 3. The Labute approximate surface area is 130 Å². The second-order valence-electron chi connectivity index (χ2n) is 5.04. The summed E-state index contributed by atoms with van der Waals surface area (Å²) in [7, 11) is 0. The molecule has 4 rings (SSSR count). The van der Waals surface area contributed by atoms with E-state index in [9.17, 15) is 4.79 Å². The van der Waals surface area contributed by atoms with Gasteiger partial charge in [0.25, 0.3) is 0 Å². The van der Waals surface area contributed by atoms with E-state index in [1.807, 2.05) is 18.2 Å². The zero-order chi connectivity index (χ0) is 15.8. The highest BCUT2D eigenvalue weighted by molar-refractivity contribution is 6.08. The van der Waals surface area contributed by atoms with Crippen molar-refractivity contribution in [1.29, 1.82) is 0 Å². The van der Waals surface area contributed by atoms with Crippen LogP contribution in [0.5, 0.6) is 0 Å². The molecule has 0 fully saturated rings. The molecule has 1 aromatic carbocycles. The largest absolute Gasteiger partial charge is 0.462 e. The van der Waals surface area contributed by atoms with E-state index in [-0.39, 0.29) is 0 Å². The highest BCUT2D eigenvalue weighted by Gasteiger charge is 2.19. The minimum atomic E-state index is -0.391. The van der Waals surface area contributed by atoms with Crippen molar-refractivity contribution in [2.75, 3.05) is 6.61 Å². The van der Waals surface area contributed by atoms with E-state index < -0.39 is 5.97 Å². The summed E-state index contributed by atoms with van der Waals surface area (Å²) in [6.07, 6.45) is 4.84. The minimum Gasteiger partial charge on any atom is -0.462 e. The molecular formula is C16H13N5O2. The Balaban J connectivity index is 1.95. The lowest BCUT2D eigenvalue weighted by Gasteiger charge is -2.05. The Hall–Kier alpha value is -3.22. The number of rotatable bonds is 3. The normalized spacial score (nSPS) is 11.2. The number of hydrogen-bond donors (Lipinski definition) is 2. The van der Waals surface area contributed by atoms with Crippen LogP contribution in [0, 0.1) is 0 Å². The van der Waals surface area contributed by atoms with Gasteiger partial charge in [0, 0.05) is 17.1 Å². The smallest absolute Gasteiger partial charge is 0.340 e. The van der Waals surface area contributed by atoms with Crippen molar-refractivity contribution in [2.24, 2.45) is 0 Å². The van der Waals surface area contributed by atoms with Crippen LogP contribution in [0.3, 0.4) is 0 Å². The van der Waals surface area contributed by atoms with Gasteiger partial charge in [-0.1, -0.05) is 12.1 Å². The summed E-state index contributed by atoms with van der Waals surface area (Å²) in [4.78, 5) is 23.7. The van der Waals surface area contributed by atoms with Gasteiger partial charge >= 0.3 is 5.97 Å². The van der Waals surface area contributed by atoms with Gasteiger partial charge in [0.15, 0.2) is 0 Å². The maximum Gasteiger partial charge on any atom is 0.340 e. The van der Waals surface area contributed by atoms with Crippen LogP contribution in [0.25, 0.3) is 33.2 Å². The molecule has 0 aliphatic heterocycles. The van der Waals surface area contributed by atoms with Gasteiger partial charge < -0.3 is 9.72 Å². The van der Waals surface area contributed by atoms with Crippen molar-refractivity contribution in [3.63, 3.8) is 0 Å². The van der Waals surface area contributed by atoms with Gasteiger partial charge in [-0.25, -0.2) is 14.8 Å². The van der Waals surface area contributed by atoms with E-state index in [2.05, 4.69) is 25.1 Å². The van der Waals surface area contributed by atoms with E-state index in [1.165, 1.54) is 6.33 Å². The Bertz CT molecular complexity index is 1020. The molecule has 2 N–H and O–H groups in total. The molecule has 0 saturated carbocycles. The van der Waals surface area contributed by atoms with E-state index in [4.69, 9.17) is 4.74 Å². The van der Waals surface area contributed by atoms with E-state index in [1.54, 1.807) is 19.3 Å². The summed E-state index contributed by atoms with van der Waals surface area (Å²) in [6.45, 7) is 2.09. The quantitative estimate of drug-likeness (QED) is 0.567. The molecule has 0 saturated heterocycles. The Morgan fingerprint density at radius 2 is 2.22 bits per heavy atom. The molecule has 3 heterocycles. The first-order valence-corrected chi connectivity index (χ1v) is 7.20. The predicted molar refractivity (Wildman–Crippen MR) is 84.9 cm³/mol. The fraction of sp³-hybridized carbons (Fsp3) is 0.125. The minimum absolute atomic E-state index is 0.314. The van der Waals surface area contributed by atoms with Crippen LogP contribution >= 0.6 is 0 Å². The molecule has 0 atom stereocenters. The van der Waals surface area contributed by atoms with Gasteiger partial charge in [-0.3, -0.25) is 5.10 Å². The summed E-state index contributed by atoms with van der Waals surface area (Å²) in [5, 5.41) is 8.63. The van der Waals surface area contributed by atoms with Crippen LogP contribution < -0.4 is 0 Å². The molecule has 3 aromatic heterocycles. The molecular weight excluding hydrogens is 294 g/mol. The summed E-state index contributed by atoms with van der Waals surface area (Å²) in [5.41, 5.74) is 3.49. The summed E-state index contributed by atoms with van der Waals surface area (Å²) in [6, 6.07) is 5.85. The van der Waals surface area contributed by atoms with E-state index >= 15 is 0 Å². The van der Waals surface area contributed by atoms with Crippen LogP contribution in [-0.4, -0.2) is 37.7 Å². The van der Waals surface area contributed by atoms with Gasteiger partial charge in [0.1, 0.15) is 12.0 Å². The molecule has 0 radical (unpaired) electrons. The number of H-pyrrole nitrogens is 2. The summed E-state index contributed by atoms with van der Waals surface area (Å²) < 4.78 is 5.11. The third-order valence-corrected chi connectivity index (χ3v) is 3.68. The maximum absolute atomic E-state index is 12.2. The third kappa shape index (κ3) is 2.13. The standard InChI is InChI=1S/C16H13N5O2/c1-2-23-16(22)11-7-17-15-13(11)14(18-8-19-15)9-3-4-10-6-20-21-12(10)5-9/h3-8H,2H2,1H3,(H,20,21)(H,17,18,19). The Morgan fingerprint density at radius 3 is 3.09 bits per heavy atom. The topological polar surface area (TPSA) is 96.6 Å². The first-order chi connectivity index (χ1) is 11.3. The lowest BCUT2D eigenvalue weighted by molar-refractivity contribution is 0.0528. The zero-order valence-corrected chi connectivity index (χ0v) is 12.3. The first kappa shape index (κ1) is 13.4. The van der Waals surface area contributed by atoms with Crippen molar-refractivity contribution >= 4 is 27.9 Å². The average Bonchev–Trinajstić information content (AvgIpc) is 3.20. The number of hydrogen-bond acceptors (Lipinski definition) is 5. The lowest BCUT2D eigenvalue weighted by atomic mass is 10.1. The number of carbonyl (C=O) groups excluding carboxylic acids is 1. The number of aromatic amines is 2. The molecule has 0 bridgehead atoms. The van der Waals surface area contributed by atoms with Crippen LogP contribution in [-0.2, 0) is 4.74 Å². The highest BCUT2D eigenvalue weighted by Crippen LogP contribution is 2.30. The van der Waals surface area contributed by atoms with Gasteiger partial charge in [-0.05, 0) is 13.0 Å². The average molecular weight is 307 g/mol. The number of esters is 1. The molecule has 7 heteroatoms. The second kappa shape index (κ2) is 5.20. The predicted octanol–water partition coefficient (Wildman–Crippen LogP) is 2.68. The summed E-state index contributed by atoms with van der Waals surface area (Å²) >= 11 is 0. The van der Waals surface area contributed by atoms with Crippen molar-refractivity contribution in [1.82, 2.24) is 25.1 Å². The van der Waals surface area contributed by atoms with Crippen LogP contribution in [0.1, 0.15) is 17.3 Å². The highest BCUT2D eigenvalue weighted by atomic mass is 16.5. The number of aromatic nitrogens is 5. The molecule has 7 nitrogen and oxygen atoms in total. The van der Waals surface area contributed by atoms with Crippen LogP contribution in [0.15, 0.2) is 36.9 Å². The fourth-order valence-electron chi connectivity index (χ4n) is 2.64. The van der Waals surface area contributed by atoms with Gasteiger partial charge in [-0.2, -0.15) is 5.10 Å². The molecule has 114 valence electrons. The molecule has 0 amide bonds. The Kier molecular flexibility index (Phi) is 3.04. The van der Waals surface area contributed by atoms with Crippen molar-refractivity contribution in [3.8, 4) is 11.3 Å². The number of carbonyl (C=O) groups is 1. The van der Waals surface area contributed by atoms with Crippen molar-refractivity contribution < 1.29 is 9.53 Å². The van der Waals surface area contributed by atoms with Crippen LogP contribution in [0.2, 0.25) is 0 Å². The third-order valence-electron chi connectivity index (χ3n) is 3.68.